The molecule has 2 atom stereocenters. The number of sulfonamides is 1. The standard InChI is InChI=1S/C12H15N3O3S3/c1-15(9-3-5-20(13,16)8-9)21(17,18)10-6-12-11(14-7-10)2-4-19-12/h2,4,6-7,9,13H,3,5,8H2,1H3. The summed E-state index contributed by atoms with van der Waals surface area (Å²) in [5, 5.41) is 1.87. The zero-order valence-corrected chi connectivity index (χ0v) is 13.8. The fraction of sp³-hybridized carbons (Fsp3) is 0.417. The molecule has 2 unspecified atom stereocenters. The summed E-state index contributed by atoms with van der Waals surface area (Å²) in [5.41, 5.74) is 0.775. The second kappa shape index (κ2) is 5.01. The number of pyridine rings is 1. The lowest BCUT2D eigenvalue weighted by molar-refractivity contribution is 0.394. The minimum Gasteiger partial charge on any atom is -0.254 e. The molecule has 1 saturated heterocycles. The number of nitrogens with zero attached hydrogens (tertiary/aromatic N) is 2. The van der Waals surface area contributed by atoms with Gasteiger partial charge in [0.25, 0.3) is 0 Å². The molecule has 3 rings (SSSR count). The van der Waals surface area contributed by atoms with Gasteiger partial charge in [-0.25, -0.2) is 12.6 Å². The summed E-state index contributed by atoms with van der Waals surface area (Å²) in [6.07, 6.45) is 1.82. The molecule has 21 heavy (non-hydrogen) atoms. The monoisotopic (exact) mass is 345 g/mol. The van der Waals surface area contributed by atoms with E-state index in [1.165, 1.54) is 28.9 Å². The molecule has 2 aromatic rings. The predicted molar refractivity (Wildman–Crippen MR) is 83.6 cm³/mol. The molecule has 0 aliphatic carbocycles. The van der Waals surface area contributed by atoms with Gasteiger partial charge in [-0.2, -0.15) is 4.31 Å². The average Bonchev–Trinajstić information content (AvgIpc) is 3.02. The van der Waals surface area contributed by atoms with E-state index in [0.717, 1.165) is 10.2 Å². The molecule has 0 aromatic carbocycles. The van der Waals surface area contributed by atoms with Gasteiger partial charge in [0.05, 0.1) is 10.2 Å². The summed E-state index contributed by atoms with van der Waals surface area (Å²) >= 11 is 1.44. The van der Waals surface area contributed by atoms with Crippen LogP contribution in [0.25, 0.3) is 10.2 Å². The SMILES string of the molecule is CN(C1CCS(=N)(=O)C1)S(=O)(=O)c1cnc2ccsc2c1. The Hall–Kier alpha value is -1.03. The fourth-order valence-electron chi connectivity index (χ4n) is 2.42. The molecule has 2 aromatic heterocycles. The van der Waals surface area contributed by atoms with Crippen molar-refractivity contribution in [3.05, 3.63) is 23.7 Å². The van der Waals surface area contributed by atoms with Gasteiger partial charge in [0.15, 0.2) is 0 Å². The smallest absolute Gasteiger partial charge is 0.244 e. The largest absolute Gasteiger partial charge is 0.254 e. The molecule has 1 aliphatic rings. The van der Waals surface area contributed by atoms with Crippen molar-refractivity contribution >= 4 is 41.3 Å². The molecule has 9 heteroatoms. The first kappa shape index (κ1) is 14.9. The van der Waals surface area contributed by atoms with Crippen molar-refractivity contribution in [3.8, 4) is 0 Å². The fourth-order valence-corrected chi connectivity index (χ4v) is 6.56. The van der Waals surface area contributed by atoms with Crippen molar-refractivity contribution in [3.63, 3.8) is 0 Å². The van der Waals surface area contributed by atoms with Crippen LogP contribution in [0.1, 0.15) is 6.42 Å². The van der Waals surface area contributed by atoms with Crippen molar-refractivity contribution in [1.29, 1.82) is 4.78 Å². The Kier molecular flexibility index (Phi) is 3.55. The molecule has 0 amide bonds. The van der Waals surface area contributed by atoms with Crippen LogP contribution in [0, 0.1) is 4.78 Å². The number of rotatable bonds is 3. The Morgan fingerprint density at radius 2 is 2.29 bits per heavy atom. The highest BCUT2D eigenvalue weighted by atomic mass is 32.2. The highest BCUT2D eigenvalue weighted by Crippen LogP contribution is 2.26. The topological polar surface area (TPSA) is 91.2 Å². The van der Waals surface area contributed by atoms with Gasteiger partial charge in [-0.3, -0.25) is 9.76 Å². The van der Waals surface area contributed by atoms with E-state index in [9.17, 15) is 12.6 Å². The highest BCUT2D eigenvalue weighted by molar-refractivity contribution is 7.93. The Morgan fingerprint density at radius 3 is 2.95 bits per heavy atom. The summed E-state index contributed by atoms with van der Waals surface area (Å²) in [7, 11) is -4.82. The van der Waals surface area contributed by atoms with E-state index < -0.39 is 19.8 Å². The van der Waals surface area contributed by atoms with Crippen molar-refractivity contribution < 1.29 is 12.6 Å². The Labute approximate surface area is 127 Å². The normalized spacial score (nSPS) is 26.7. The van der Waals surface area contributed by atoms with Gasteiger partial charge in [0.2, 0.25) is 10.0 Å². The van der Waals surface area contributed by atoms with Crippen LogP contribution < -0.4 is 0 Å². The van der Waals surface area contributed by atoms with Gasteiger partial charge in [-0.15, -0.1) is 11.3 Å². The molecule has 0 radical (unpaired) electrons. The van der Waals surface area contributed by atoms with Crippen LogP contribution in [-0.2, 0) is 19.8 Å². The Bertz CT molecular complexity index is 887. The molecule has 114 valence electrons. The molecule has 3 heterocycles. The number of hydrogen-bond acceptors (Lipinski definition) is 6. The molecule has 1 fully saturated rings. The van der Waals surface area contributed by atoms with Gasteiger partial charge in [0, 0.05) is 40.5 Å². The van der Waals surface area contributed by atoms with E-state index in [2.05, 4.69) is 4.98 Å². The molecule has 1 aliphatic heterocycles. The van der Waals surface area contributed by atoms with E-state index in [4.69, 9.17) is 4.78 Å². The van der Waals surface area contributed by atoms with Gasteiger partial charge in [-0.1, -0.05) is 0 Å². The minimum absolute atomic E-state index is 0.109. The summed E-state index contributed by atoms with van der Waals surface area (Å²) in [6, 6.07) is 3.08. The zero-order chi connectivity index (χ0) is 15.3. The summed E-state index contributed by atoms with van der Waals surface area (Å²) in [5.74, 6) is 0.372. The van der Waals surface area contributed by atoms with E-state index >= 15 is 0 Å². The lowest BCUT2D eigenvalue weighted by atomic mass is 10.3. The lowest BCUT2D eigenvalue weighted by Crippen LogP contribution is -2.37. The third kappa shape index (κ3) is 2.70. The number of fused-ring (bicyclic) bond motifs is 1. The maximum atomic E-state index is 12.6. The molecule has 0 bridgehead atoms. The molecular weight excluding hydrogens is 330 g/mol. The van der Waals surface area contributed by atoms with Gasteiger partial charge >= 0.3 is 0 Å². The van der Waals surface area contributed by atoms with E-state index in [-0.39, 0.29) is 22.4 Å². The summed E-state index contributed by atoms with van der Waals surface area (Å²) < 4.78 is 46.7. The number of hydrogen-bond donors (Lipinski definition) is 1. The maximum absolute atomic E-state index is 12.6. The van der Waals surface area contributed by atoms with Gasteiger partial charge < -0.3 is 0 Å². The third-order valence-electron chi connectivity index (χ3n) is 3.71. The molecule has 0 saturated carbocycles. The second-order valence-corrected chi connectivity index (χ2v) is 10.4. The van der Waals surface area contributed by atoms with Crippen molar-refractivity contribution in [2.45, 2.75) is 17.4 Å². The summed E-state index contributed by atoms with van der Waals surface area (Å²) in [6.45, 7) is 0. The van der Waals surface area contributed by atoms with Crippen LogP contribution in [0.4, 0.5) is 0 Å². The first-order valence-corrected chi connectivity index (χ1v) is 10.6. The van der Waals surface area contributed by atoms with Crippen molar-refractivity contribution in [1.82, 2.24) is 9.29 Å². The van der Waals surface area contributed by atoms with Crippen LogP contribution in [0.2, 0.25) is 0 Å². The lowest BCUT2D eigenvalue weighted by Gasteiger charge is -2.22. The van der Waals surface area contributed by atoms with Crippen molar-refractivity contribution in [2.24, 2.45) is 0 Å². The average molecular weight is 345 g/mol. The van der Waals surface area contributed by atoms with Crippen LogP contribution in [-0.4, -0.2) is 46.5 Å². The maximum Gasteiger partial charge on any atom is 0.244 e. The third-order valence-corrected chi connectivity index (χ3v) is 8.26. The highest BCUT2D eigenvalue weighted by Gasteiger charge is 2.35. The molecule has 1 N–H and O–H groups in total. The van der Waals surface area contributed by atoms with Crippen LogP contribution in [0.15, 0.2) is 28.6 Å². The molecule has 6 nitrogen and oxygen atoms in total. The molecule has 0 spiro atoms. The minimum atomic E-state index is -3.67. The zero-order valence-electron chi connectivity index (χ0n) is 11.4. The number of thiophene rings is 1. The first-order valence-electron chi connectivity index (χ1n) is 6.35. The Morgan fingerprint density at radius 1 is 1.52 bits per heavy atom. The number of aromatic nitrogens is 1. The predicted octanol–water partition coefficient (Wildman–Crippen LogP) is 1.74. The van der Waals surface area contributed by atoms with Crippen molar-refractivity contribution in [2.75, 3.05) is 18.6 Å². The first-order chi connectivity index (χ1) is 9.79. The van der Waals surface area contributed by atoms with E-state index in [1.807, 2.05) is 11.4 Å². The second-order valence-electron chi connectivity index (χ2n) is 5.12. The van der Waals surface area contributed by atoms with E-state index in [0.29, 0.717) is 6.42 Å². The Balaban J connectivity index is 1.95. The van der Waals surface area contributed by atoms with Crippen LogP contribution in [0.3, 0.4) is 0 Å². The van der Waals surface area contributed by atoms with Crippen LogP contribution in [0.5, 0.6) is 0 Å². The quantitative estimate of drug-likeness (QED) is 0.917. The van der Waals surface area contributed by atoms with Gasteiger partial charge in [-0.05, 0) is 23.9 Å². The van der Waals surface area contributed by atoms with E-state index in [1.54, 1.807) is 6.07 Å². The molecular formula is C12H15N3O3S3. The van der Waals surface area contributed by atoms with Gasteiger partial charge in [0.1, 0.15) is 4.90 Å². The van der Waals surface area contributed by atoms with Crippen LogP contribution >= 0.6 is 11.3 Å². The summed E-state index contributed by atoms with van der Waals surface area (Å²) in [4.78, 5) is 4.30. The number of nitrogens with one attached hydrogen (secondary N) is 1.